The maximum atomic E-state index is 11.9. The smallest absolute Gasteiger partial charge is 0.0911 e. The fourth-order valence-corrected chi connectivity index (χ4v) is 2.06. The van der Waals surface area contributed by atoms with Gasteiger partial charge >= 0.3 is 0 Å². The van der Waals surface area contributed by atoms with Crippen molar-refractivity contribution in [3.8, 4) is 0 Å². The molecule has 0 radical (unpaired) electrons. The monoisotopic (exact) mass is 222 g/mol. The third-order valence-electron chi connectivity index (χ3n) is 2.98. The summed E-state index contributed by atoms with van der Waals surface area (Å²) in [5, 5.41) is 3.20. The quantitative estimate of drug-likeness (QED) is 0.770. The third-order valence-corrected chi connectivity index (χ3v) is 2.98. The highest BCUT2D eigenvalue weighted by molar-refractivity contribution is 5.55. The zero-order valence-corrected chi connectivity index (χ0v) is 9.58. The van der Waals surface area contributed by atoms with E-state index in [9.17, 15) is 4.39 Å². The molecule has 0 aliphatic carbocycles. The predicted molar refractivity (Wildman–Crippen MR) is 67.0 cm³/mol. The minimum absolute atomic E-state index is 0.251. The van der Waals surface area contributed by atoms with Gasteiger partial charge in [0.05, 0.1) is 6.67 Å². The molecule has 0 amide bonds. The summed E-state index contributed by atoms with van der Waals surface area (Å²) < 4.78 is 11.9. The van der Waals surface area contributed by atoms with E-state index in [2.05, 4.69) is 34.5 Å². The summed E-state index contributed by atoms with van der Waals surface area (Å²) in [4.78, 5) is 2.41. The molecule has 2 nitrogen and oxygen atoms in total. The summed E-state index contributed by atoms with van der Waals surface area (Å²) in [6.45, 7) is 2.81. The molecule has 0 atom stereocenters. The summed E-state index contributed by atoms with van der Waals surface area (Å²) >= 11 is 0. The van der Waals surface area contributed by atoms with Gasteiger partial charge in [0.1, 0.15) is 0 Å². The molecule has 1 aliphatic heterocycles. The molecule has 1 heterocycles. The molecule has 2 rings (SSSR count). The van der Waals surface area contributed by atoms with Crippen LogP contribution in [0.3, 0.4) is 0 Å². The Bertz CT molecular complexity index is 304. The molecular weight excluding hydrogens is 203 g/mol. The van der Waals surface area contributed by atoms with Crippen molar-refractivity contribution in [1.82, 2.24) is 0 Å². The Labute approximate surface area is 96.5 Å². The molecule has 0 aromatic heterocycles. The molecule has 3 heteroatoms. The van der Waals surface area contributed by atoms with Gasteiger partial charge < -0.3 is 10.2 Å². The highest BCUT2D eigenvalue weighted by atomic mass is 19.1. The van der Waals surface area contributed by atoms with Crippen molar-refractivity contribution in [3.63, 3.8) is 0 Å². The molecule has 0 bridgehead atoms. The van der Waals surface area contributed by atoms with Crippen molar-refractivity contribution in [2.24, 2.45) is 0 Å². The number of anilines is 2. The average molecular weight is 222 g/mol. The van der Waals surface area contributed by atoms with Gasteiger partial charge in [-0.05, 0) is 43.5 Å². The van der Waals surface area contributed by atoms with Crippen LogP contribution in [-0.4, -0.2) is 26.3 Å². The normalized spacial score (nSPS) is 15.4. The summed E-state index contributed by atoms with van der Waals surface area (Å²) in [5.74, 6) is 0. The molecule has 1 aromatic carbocycles. The van der Waals surface area contributed by atoms with E-state index >= 15 is 0 Å². The Morgan fingerprint density at radius 3 is 2.44 bits per heavy atom. The zero-order chi connectivity index (χ0) is 11.2. The van der Waals surface area contributed by atoms with Gasteiger partial charge in [-0.15, -0.1) is 0 Å². The molecule has 1 saturated heterocycles. The number of nitrogens with one attached hydrogen (secondary N) is 1. The van der Waals surface area contributed by atoms with Crippen LogP contribution in [0.15, 0.2) is 24.3 Å². The fourth-order valence-electron chi connectivity index (χ4n) is 2.06. The lowest BCUT2D eigenvalue weighted by molar-refractivity contribution is 0.481. The van der Waals surface area contributed by atoms with Crippen LogP contribution in [0.1, 0.15) is 19.3 Å². The van der Waals surface area contributed by atoms with Crippen molar-refractivity contribution >= 4 is 11.4 Å². The molecule has 16 heavy (non-hydrogen) atoms. The first kappa shape index (κ1) is 11.2. The third kappa shape index (κ3) is 2.87. The van der Waals surface area contributed by atoms with Crippen LogP contribution in [0.2, 0.25) is 0 Å². The van der Waals surface area contributed by atoms with Gasteiger partial charge in [-0.1, -0.05) is 0 Å². The minimum Gasteiger partial charge on any atom is -0.385 e. The van der Waals surface area contributed by atoms with E-state index in [1.807, 2.05) is 0 Å². The minimum atomic E-state index is -0.251. The second-order valence-electron chi connectivity index (χ2n) is 4.21. The van der Waals surface area contributed by atoms with Gasteiger partial charge in [0, 0.05) is 31.0 Å². The molecular formula is C13H19FN2. The highest BCUT2D eigenvalue weighted by Gasteiger charge is 2.11. The van der Waals surface area contributed by atoms with Crippen molar-refractivity contribution in [1.29, 1.82) is 0 Å². The Kier molecular flexibility index (Phi) is 4.03. The van der Waals surface area contributed by atoms with E-state index in [1.54, 1.807) is 0 Å². The number of hydrogen-bond donors (Lipinski definition) is 1. The van der Waals surface area contributed by atoms with Crippen molar-refractivity contribution in [2.45, 2.75) is 19.3 Å². The lowest BCUT2D eigenvalue weighted by Gasteiger charge is -2.17. The van der Waals surface area contributed by atoms with Gasteiger partial charge in [-0.3, -0.25) is 4.39 Å². The standard InChI is InChI=1S/C13H19FN2/c14-8-3-9-15-12-4-6-13(7-5-12)16-10-1-2-11-16/h4-7,15H,1-3,8-11H2. The van der Waals surface area contributed by atoms with Crippen LogP contribution < -0.4 is 10.2 Å². The Morgan fingerprint density at radius 2 is 1.81 bits per heavy atom. The second kappa shape index (κ2) is 5.73. The molecule has 0 spiro atoms. The van der Waals surface area contributed by atoms with Gasteiger partial charge in [0.15, 0.2) is 0 Å². The van der Waals surface area contributed by atoms with Crippen LogP contribution >= 0.6 is 0 Å². The molecule has 0 unspecified atom stereocenters. The van der Waals surface area contributed by atoms with Crippen molar-refractivity contribution < 1.29 is 4.39 Å². The van der Waals surface area contributed by atoms with Gasteiger partial charge in [-0.2, -0.15) is 0 Å². The van der Waals surface area contributed by atoms with Gasteiger partial charge in [-0.25, -0.2) is 0 Å². The number of benzene rings is 1. The topological polar surface area (TPSA) is 15.3 Å². The largest absolute Gasteiger partial charge is 0.385 e. The van der Waals surface area contributed by atoms with E-state index in [0.717, 1.165) is 5.69 Å². The number of halogens is 1. The van der Waals surface area contributed by atoms with E-state index in [-0.39, 0.29) is 6.67 Å². The van der Waals surface area contributed by atoms with Gasteiger partial charge in [0.2, 0.25) is 0 Å². The van der Waals surface area contributed by atoms with Crippen LogP contribution in [0.4, 0.5) is 15.8 Å². The number of rotatable bonds is 5. The maximum Gasteiger partial charge on any atom is 0.0911 e. The molecule has 1 N–H and O–H groups in total. The predicted octanol–water partition coefficient (Wildman–Crippen LogP) is 3.06. The first-order chi connectivity index (χ1) is 7.90. The molecule has 1 aromatic rings. The Hall–Kier alpha value is -1.25. The van der Waals surface area contributed by atoms with Crippen LogP contribution in [0, 0.1) is 0 Å². The SMILES string of the molecule is FCCCNc1ccc(N2CCCC2)cc1. The molecule has 1 aliphatic rings. The summed E-state index contributed by atoms with van der Waals surface area (Å²) in [6.07, 6.45) is 3.18. The van der Waals surface area contributed by atoms with E-state index in [4.69, 9.17) is 0 Å². The average Bonchev–Trinajstić information content (AvgIpc) is 2.84. The van der Waals surface area contributed by atoms with Crippen LogP contribution in [0.25, 0.3) is 0 Å². The summed E-state index contributed by atoms with van der Waals surface area (Å²) in [5.41, 5.74) is 2.38. The maximum absolute atomic E-state index is 11.9. The summed E-state index contributed by atoms with van der Waals surface area (Å²) in [6, 6.07) is 8.43. The zero-order valence-electron chi connectivity index (χ0n) is 9.58. The highest BCUT2D eigenvalue weighted by Crippen LogP contribution is 2.21. The Morgan fingerprint density at radius 1 is 1.12 bits per heavy atom. The van der Waals surface area contributed by atoms with E-state index < -0.39 is 0 Å². The lowest BCUT2D eigenvalue weighted by Crippen LogP contribution is -2.17. The molecule has 88 valence electrons. The fraction of sp³-hybridized carbons (Fsp3) is 0.538. The molecule has 0 saturated carbocycles. The van der Waals surface area contributed by atoms with Gasteiger partial charge in [0.25, 0.3) is 0 Å². The van der Waals surface area contributed by atoms with Crippen LogP contribution in [0.5, 0.6) is 0 Å². The van der Waals surface area contributed by atoms with E-state index in [0.29, 0.717) is 13.0 Å². The molecule has 1 fully saturated rings. The van der Waals surface area contributed by atoms with Crippen molar-refractivity contribution in [3.05, 3.63) is 24.3 Å². The first-order valence-corrected chi connectivity index (χ1v) is 6.05. The number of hydrogen-bond acceptors (Lipinski definition) is 2. The Balaban J connectivity index is 1.88. The van der Waals surface area contributed by atoms with Crippen molar-refractivity contribution in [2.75, 3.05) is 36.5 Å². The second-order valence-corrected chi connectivity index (χ2v) is 4.21. The number of alkyl halides is 1. The lowest BCUT2D eigenvalue weighted by atomic mass is 10.2. The first-order valence-electron chi connectivity index (χ1n) is 6.05. The van der Waals surface area contributed by atoms with Crippen LogP contribution in [-0.2, 0) is 0 Å². The summed E-state index contributed by atoms with van der Waals surface area (Å²) in [7, 11) is 0. The number of nitrogens with zero attached hydrogens (tertiary/aromatic N) is 1. The van der Waals surface area contributed by atoms with E-state index in [1.165, 1.54) is 31.6 Å².